The lowest BCUT2D eigenvalue weighted by atomic mass is 9.86. The summed E-state index contributed by atoms with van der Waals surface area (Å²) in [6, 6.07) is 17.3. The molecule has 3 aromatic carbocycles. The zero-order valence-electron chi connectivity index (χ0n) is 23.1. The van der Waals surface area contributed by atoms with E-state index in [1.54, 1.807) is 6.92 Å². The minimum atomic E-state index is -0.829. The molecule has 6 nitrogen and oxygen atoms in total. The van der Waals surface area contributed by atoms with Crippen molar-refractivity contribution in [2.45, 2.75) is 65.0 Å². The molecule has 7 heteroatoms. The molecular weight excluding hydrogens is 516 g/mol. The highest BCUT2D eigenvalue weighted by atomic mass is 35.5. The maximum atomic E-state index is 13.4. The maximum Gasteiger partial charge on any atom is 0.324 e. The van der Waals surface area contributed by atoms with Gasteiger partial charge in [-0.15, -0.1) is 11.6 Å². The van der Waals surface area contributed by atoms with E-state index in [0.29, 0.717) is 36.7 Å². The smallest absolute Gasteiger partial charge is 0.324 e. The van der Waals surface area contributed by atoms with Crippen molar-refractivity contribution in [3.05, 3.63) is 88.0 Å². The average molecular weight is 551 g/mol. The molecular formula is C32H35ClO6. The Balaban J connectivity index is 1.45. The molecule has 1 aliphatic rings. The molecule has 0 aliphatic carbocycles. The highest BCUT2D eigenvalue weighted by Crippen LogP contribution is 2.44. The van der Waals surface area contributed by atoms with Crippen LogP contribution in [0.15, 0.2) is 54.6 Å². The van der Waals surface area contributed by atoms with Gasteiger partial charge in [-0.1, -0.05) is 42.5 Å². The van der Waals surface area contributed by atoms with Crippen molar-refractivity contribution >= 4 is 23.4 Å². The third kappa shape index (κ3) is 6.56. The lowest BCUT2D eigenvalue weighted by Gasteiger charge is -2.37. The standard InChI is InChI=1S/C32H35ClO6/c1-6-36-31(35)26(33)16-23-12-14-25(15-13-23)38-19-32(5)17-27(34)28-22(4)29(20(2)21(3)30(28)39-32)37-18-24-10-8-7-9-11-24/h7-15,26H,6,16-19H2,1-5H3. The van der Waals surface area contributed by atoms with E-state index in [1.165, 1.54) is 0 Å². The number of fused-ring (bicyclic) bond motifs is 1. The Morgan fingerprint density at radius 1 is 0.974 bits per heavy atom. The molecule has 1 heterocycles. The topological polar surface area (TPSA) is 71.1 Å². The zero-order chi connectivity index (χ0) is 28.2. The number of ether oxygens (including phenoxy) is 4. The molecule has 4 rings (SSSR count). The van der Waals surface area contributed by atoms with Crippen molar-refractivity contribution in [3.8, 4) is 17.2 Å². The number of Topliss-reactive ketones (excluding diaryl/α,β-unsaturated/α-hetero) is 1. The molecule has 39 heavy (non-hydrogen) atoms. The van der Waals surface area contributed by atoms with Gasteiger partial charge < -0.3 is 18.9 Å². The number of ketones is 1. The van der Waals surface area contributed by atoms with Gasteiger partial charge in [0.1, 0.15) is 41.4 Å². The Labute approximate surface area is 235 Å². The van der Waals surface area contributed by atoms with Crippen LogP contribution in [0, 0.1) is 20.8 Å². The van der Waals surface area contributed by atoms with Gasteiger partial charge in [0, 0.05) is 5.56 Å². The summed E-state index contributed by atoms with van der Waals surface area (Å²) in [5.41, 5.74) is 4.35. The molecule has 3 aromatic rings. The van der Waals surface area contributed by atoms with E-state index in [0.717, 1.165) is 33.6 Å². The van der Waals surface area contributed by atoms with Gasteiger partial charge >= 0.3 is 5.97 Å². The number of rotatable bonds is 10. The number of halogens is 1. The molecule has 0 bridgehead atoms. The molecule has 2 atom stereocenters. The number of hydrogen-bond acceptors (Lipinski definition) is 6. The van der Waals surface area contributed by atoms with Crippen LogP contribution < -0.4 is 14.2 Å². The molecule has 1 aliphatic heterocycles. The molecule has 0 radical (unpaired) electrons. The number of esters is 1. The first-order valence-electron chi connectivity index (χ1n) is 13.2. The summed E-state index contributed by atoms with van der Waals surface area (Å²) in [6.45, 7) is 10.4. The van der Waals surface area contributed by atoms with Crippen LogP contribution in [0.2, 0.25) is 0 Å². The minimum absolute atomic E-state index is 0.00924. The minimum Gasteiger partial charge on any atom is -0.489 e. The van der Waals surface area contributed by atoms with Crippen LogP contribution in [0.3, 0.4) is 0 Å². The molecule has 2 unspecified atom stereocenters. The van der Waals surface area contributed by atoms with Crippen LogP contribution in [0.5, 0.6) is 17.2 Å². The predicted octanol–water partition coefficient (Wildman–Crippen LogP) is 6.71. The third-order valence-corrected chi connectivity index (χ3v) is 7.33. The van der Waals surface area contributed by atoms with E-state index in [9.17, 15) is 9.59 Å². The molecule has 206 valence electrons. The largest absolute Gasteiger partial charge is 0.489 e. The van der Waals surface area contributed by atoms with Crippen LogP contribution in [0.1, 0.15) is 58.4 Å². The van der Waals surface area contributed by atoms with Gasteiger partial charge in [-0.2, -0.15) is 0 Å². The van der Waals surface area contributed by atoms with Crippen molar-refractivity contribution in [1.82, 2.24) is 0 Å². The summed E-state index contributed by atoms with van der Waals surface area (Å²) in [6.07, 6.45) is 0.550. The number of carbonyl (C=O) groups is 2. The number of benzene rings is 3. The van der Waals surface area contributed by atoms with Crippen LogP contribution >= 0.6 is 11.6 Å². The normalized spacial score (nSPS) is 17.1. The van der Waals surface area contributed by atoms with Crippen LogP contribution in [0.4, 0.5) is 0 Å². The quantitative estimate of drug-likeness (QED) is 0.206. The summed E-state index contributed by atoms with van der Waals surface area (Å²) < 4.78 is 23.7. The number of hydrogen-bond donors (Lipinski definition) is 0. The van der Waals surface area contributed by atoms with Gasteiger partial charge in [-0.25, -0.2) is 0 Å². The SMILES string of the molecule is CCOC(=O)C(Cl)Cc1ccc(OCC2(C)CC(=O)c3c(C)c(OCc4ccccc4)c(C)c(C)c3O2)cc1. The molecule has 0 spiro atoms. The van der Waals surface area contributed by atoms with E-state index in [1.807, 2.05) is 82.3 Å². The van der Waals surface area contributed by atoms with Gasteiger partial charge in [0.05, 0.1) is 18.6 Å². The fourth-order valence-electron chi connectivity index (χ4n) is 4.77. The lowest BCUT2D eigenvalue weighted by Crippen LogP contribution is -2.45. The predicted molar refractivity (Wildman–Crippen MR) is 151 cm³/mol. The fraction of sp³-hybridized carbons (Fsp3) is 0.375. The van der Waals surface area contributed by atoms with E-state index < -0.39 is 16.9 Å². The van der Waals surface area contributed by atoms with Gasteiger partial charge in [0.15, 0.2) is 5.78 Å². The van der Waals surface area contributed by atoms with Crippen molar-refractivity contribution in [2.75, 3.05) is 13.2 Å². The van der Waals surface area contributed by atoms with Gasteiger partial charge in [0.25, 0.3) is 0 Å². The highest BCUT2D eigenvalue weighted by Gasteiger charge is 2.40. The summed E-state index contributed by atoms with van der Waals surface area (Å²) >= 11 is 6.15. The molecule has 0 fully saturated rings. The third-order valence-electron chi connectivity index (χ3n) is 7.00. The lowest BCUT2D eigenvalue weighted by molar-refractivity contribution is -0.142. The van der Waals surface area contributed by atoms with Gasteiger partial charge in [-0.05, 0) is 75.4 Å². The molecule has 0 aromatic heterocycles. The highest BCUT2D eigenvalue weighted by molar-refractivity contribution is 6.30. The first-order valence-corrected chi connectivity index (χ1v) is 13.6. The Morgan fingerprint density at radius 3 is 2.33 bits per heavy atom. The molecule has 0 N–H and O–H groups in total. The number of alkyl halides is 1. The van der Waals surface area contributed by atoms with Crippen molar-refractivity contribution in [3.63, 3.8) is 0 Å². The van der Waals surface area contributed by atoms with Crippen molar-refractivity contribution in [1.29, 1.82) is 0 Å². The van der Waals surface area contributed by atoms with Crippen molar-refractivity contribution < 1.29 is 28.5 Å². The van der Waals surface area contributed by atoms with Crippen LogP contribution in [-0.4, -0.2) is 35.9 Å². The van der Waals surface area contributed by atoms with E-state index in [2.05, 4.69) is 0 Å². The second-order valence-corrected chi connectivity index (χ2v) is 10.7. The molecule has 0 saturated carbocycles. The summed E-state index contributed by atoms with van der Waals surface area (Å²) in [4.78, 5) is 25.2. The second-order valence-electron chi connectivity index (χ2n) is 10.2. The van der Waals surface area contributed by atoms with Crippen molar-refractivity contribution in [2.24, 2.45) is 0 Å². The number of carbonyl (C=O) groups excluding carboxylic acids is 2. The zero-order valence-corrected chi connectivity index (χ0v) is 23.9. The van der Waals surface area contributed by atoms with E-state index in [-0.39, 0.29) is 18.8 Å². The van der Waals surface area contributed by atoms with Gasteiger partial charge in [-0.3, -0.25) is 9.59 Å². The average Bonchev–Trinajstić information content (AvgIpc) is 2.91. The second kappa shape index (κ2) is 12.1. The summed E-state index contributed by atoms with van der Waals surface area (Å²) in [5, 5.41) is -0.739. The Morgan fingerprint density at radius 2 is 1.67 bits per heavy atom. The Hall–Kier alpha value is -3.51. The monoisotopic (exact) mass is 550 g/mol. The maximum absolute atomic E-state index is 13.4. The first-order chi connectivity index (χ1) is 18.6. The van der Waals surface area contributed by atoms with E-state index >= 15 is 0 Å². The van der Waals surface area contributed by atoms with Gasteiger partial charge in [0.2, 0.25) is 0 Å². The van der Waals surface area contributed by atoms with Crippen LogP contribution in [-0.2, 0) is 22.6 Å². The molecule has 0 amide bonds. The fourth-order valence-corrected chi connectivity index (χ4v) is 5.02. The first kappa shape index (κ1) is 28.5. The summed E-state index contributed by atoms with van der Waals surface area (Å²) in [7, 11) is 0. The Bertz CT molecular complexity index is 1340. The summed E-state index contributed by atoms with van der Waals surface area (Å²) in [5.74, 6) is 1.55. The Kier molecular flexibility index (Phi) is 8.86. The molecule has 0 saturated heterocycles. The van der Waals surface area contributed by atoms with Crippen LogP contribution in [0.25, 0.3) is 0 Å². The van der Waals surface area contributed by atoms with E-state index in [4.69, 9.17) is 30.5 Å².